The minimum Gasteiger partial charge on any atom is -0.508 e. The molecule has 0 aliphatic heterocycles. The Labute approximate surface area is 272 Å². The number of thiophene rings is 2. The van der Waals surface area contributed by atoms with Gasteiger partial charge in [-0.05, 0) is 103 Å². The Morgan fingerprint density at radius 2 is 1.82 bits per heavy atom. The molecule has 45 heavy (non-hydrogen) atoms. The second kappa shape index (κ2) is 12.3. The van der Waals surface area contributed by atoms with E-state index in [-0.39, 0.29) is 47.2 Å². The Bertz CT molecular complexity index is 1980. The van der Waals surface area contributed by atoms with Crippen LogP contribution in [0.2, 0.25) is 0 Å². The van der Waals surface area contributed by atoms with Crippen molar-refractivity contribution in [3.8, 4) is 27.3 Å². The molecule has 6 atom stereocenters. The normalized spacial score (nSPS) is 25.6. The van der Waals surface area contributed by atoms with E-state index in [2.05, 4.69) is 76.8 Å². The van der Waals surface area contributed by atoms with Crippen molar-refractivity contribution in [3.63, 3.8) is 0 Å². The highest BCUT2D eigenvalue weighted by atomic mass is 32.1. The van der Waals surface area contributed by atoms with Gasteiger partial charge in [-0.1, -0.05) is 54.0 Å². The van der Waals surface area contributed by atoms with Crippen molar-refractivity contribution in [2.75, 3.05) is 7.05 Å². The van der Waals surface area contributed by atoms with Crippen LogP contribution in [0.5, 0.6) is 5.75 Å². The van der Waals surface area contributed by atoms with Gasteiger partial charge in [-0.25, -0.2) is 0 Å². The van der Waals surface area contributed by atoms with Crippen LogP contribution in [0, 0.1) is 35.5 Å². The van der Waals surface area contributed by atoms with Crippen LogP contribution in [0.3, 0.4) is 0 Å². The van der Waals surface area contributed by atoms with Gasteiger partial charge in [0.05, 0.1) is 9.75 Å². The van der Waals surface area contributed by atoms with E-state index in [9.17, 15) is 9.90 Å². The Balaban J connectivity index is 1.29. The molecule has 228 valence electrons. The molecule has 0 radical (unpaired) electrons. The zero-order valence-electron chi connectivity index (χ0n) is 25.5. The number of fused-ring (bicyclic) bond motifs is 1. The van der Waals surface area contributed by atoms with Crippen molar-refractivity contribution >= 4 is 46.1 Å². The molecule has 4 aromatic rings. The third-order valence-corrected chi connectivity index (χ3v) is 12.3. The van der Waals surface area contributed by atoms with Gasteiger partial charge in [0.15, 0.2) is 11.7 Å². The van der Waals surface area contributed by atoms with Crippen LogP contribution < -0.4 is 21.5 Å². The summed E-state index contributed by atoms with van der Waals surface area (Å²) in [6, 6.07) is 24.6. The molecule has 5 nitrogen and oxygen atoms in total. The molecule has 0 spiro atoms. The molecule has 2 saturated carbocycles. The minimum atomic E-state index is -0.0962. The number of benzene rings is 2. The Hall–Kier alpha value is -4.12. The number of ketones is 1. The lowest BCUT2D eigenvalue weighted by Crippen LogP contribution is -2.53. The van der Waals surface area contributed by atoms with E-state index in [1.54, 1.807) is 35.8 Å². The number of carbonyl (C=O) groups is 1. The molecule has 0 amide bonds. The topological polar surface area (TPSA) is 87.7 Å². The van der Waals surface area contributed by atoms with Crippen LogP contribution in [-0.4, -0.2) is 29.9 Å². The maximum atomic E-state index is 14.4. The lowest BCUT2D eigenvalue weighted by molar-refractivity contribution is 0.0757. The summed E-state index contributed by atoms with van der Waals surface area (Å²) in [4.78, 5) is 22.9. The third-order valence-electron chi connectivity index (χ3n) is 9.99. The van der Waals surface area contributed by atoms with Crippen molar-refractivity contribution in [3.05, 3.63) is 98.6 Å². The molecule has 3 aliphatic carbocycles. The maximum Gasteiger partial charge on any atom is 0.188 e. The molecule has 7 heteroatoms. The van der Waals surface area contributed by atoms with Gasteiger partial charge in [-0.3, -0.25) is 9.79 Å². The number of guanidine groups is 1. The number of aliphatic imine (C=N–C) groups is 1. The number of phenolic OH excluding ortho intramolecular Hbond substituents is 1. The first-order chi connectivity index (χ1) is 21.9. The number of hydrogen-bond donors (Lipinski definition) is 3. The number of carbonyl (C=O) groups excluding carboxylic acids is 1. The lowest BCUT2D eigenvalue weighted by atomic mass is 9.59. The highest BCUT2D eigenvalue weighted by molar-refractivity contribution is 7.23. The first-order valence-corrected chi connectivity index (χ1v) is 17.3. The predicted octanol–water partition coefficient (Wildman–Crippen LogP) is 6.12. The Morgan fingerprint density at radius 1 is 1.00 bits per heavy atom. The first-order valence-electron chi connectivity index (χ1n) is 15.7. The van der Waals surface area contributed by atoms with Crippen molar-refractivity contribution in [1.29, 1.82) is 0 Å². The van der Waals surface area contributed by atoms with Gasteiger partial charge in [0.25, 0.3) is 0 Å². The maximum absolute atomic E-state index is 14.4. The third kappa shape index (κ3) is 5.51. The second-order valence-electron chi connectivity index (χ2n) is 12.3. The number of Topliss-reactive ketones (excluding diaryl/α,β-unsaturated/α-hetero) is 1. The molecule has 2 aromatic heterocycles. The average molecular weight is 632 g/mol. The van der Waals surface area contributed by atoms with Crippen LogP contribution in [0.15, 0.2) is 77.8 Å². The number of phenols is 1. The smallest absolute Gasteiger partial charge is 0.188 e. The molecule has 7 rings (SSSR count). The van der Waals surface area contributed by atoms with E-state index in [1.165, 1.54) is 16.0 Å². The molecule has 2 aromatic carbocycles. The van der Waals surface area contributed by atoms with Crippen molar-refractivity contribution < 1.29 is 9.90 Å². The highest BCUT2D eigenvalue weighted by Crippen LogP contribution is 2.53. The number of hydrogen-bond acceptors (Lipinski definition) is 5. The lowest BCUT2D eigenvalue weighted by Gasteiger charge is -2.47. The van der Waals surface area contributed by atoms with E-state index < -0.39 is 0 Å². The summed E-state index contributed by atoms with van der Waals surface area (Å²) in [5, 5.41) is 16.6. The van der Waals surface area contributed by atoms with E-state index in [0.29, 0.717) is 5.96 Å². The summed E-state index contributed by atoms with van der Waals surface area (Å²) >= 11 is 3.28. The zero-order valence-corrected chi connectivity index (χ0v) is 27.1. The van der Waals surface area contributed by atoms with Crippen LogP contribution in [0.4, 0.5) is 0 Å². The molecule has 3 aliphatic rings. The van der Waals surface area contributed by atoms with Crippen molar-refractivity contribution in [2.45, 2.75) is 44.6 Å². The van der Waals surface area contributed by atoms with Gasteiger partial charge in [-0.2, -0.15) is 0 Å². The fourth-order valence-electron chi connectivity index (χ4n) is 8.13. The van der Waals surface area contributed by atoms with Gasteiger partial charge < -0.3 is 16.2 Å². The summed E-state index contributed by atoms with van der Waals surface area (Å²) in [6.45, 7) is 1.85. The summed E-state index contributed by atoms with van der Waals surface area (Å²) in [5.74, 6) is 7.66. The van der Waals surface area contributed by atoms with Gasteiger partial charge >= 0.3 is 0 Å². The molecule has 0 saturated heterocycles. The minimum absolute atomic E-state index is 0.0165. The van der Waals surface area contributed by atoms with Gasteiger partial charge in [0.2, 0.25) is 0 Å². The number of nitrogens with one attached hydrogen (secondary N) is 1. The number of nitrogens with zero attached hydrogens (tertiary/aromatic N) is 1. The summed E-state index contributed by atoms with van der Waals surface area (Å²) < 4.78 is 0. The van der Waals surface area contributed by atoms with Gasteiger partial charge in [0.1, 0.15) is 5.75 Å². The van der Waals surface area contributed by atoms with E-state index in [1.807, 2.05) is 25.1 Å². The monoisotopic (exact) mass is 631 g/mol. The molecule has 2 heterocycles. The van der Waals surface area contributed by atoms with E-state index in [0.717, 1.165) is 50.8 Å². The van der Waals surface area contributed by atoms with Gasteiger partial charge in [-0.15, -0.1) is 28.6 Å². The average Bonchev–Trinajstić information content (AvgIpc) is 3.70. The molecule has 0 unspecified atom stereocenters. The number of nitrogens with two attached hydrogens (primary N) is 1. The quantitative estimate of drug-likeness (QED) is 0.107. The van der Waals surface area contributed by atoms with Crippen LogP contribution in [0.25, 0.3) is 21.4 Å². The number of aromatic hydroxyl groups is 1. The summed E-state index contributed by atoms with van der Waals surface area (Å²) in [5.41, 5.74) is 8.94. The fraction of sp³-hybridized carbons (Fsp3) is 0.316. The summed E-state index contributed by atoms with van der Waals surface area (Å²) in [6.07, 6.45) is 5.95. The first kappa shape index (κ1) is 29.6. The van der Waals surface area contributed by atoms with Crippen LogP contribution in [-0.2, 0) is 0 Å². The Morgan fingerprint density at radius 3 is 2.64 bits per heavy atom. The number of rotatable bonds is 5. The van der Waals surface area contributed by atoms with Crippen LogP contribution in [0.1, 0.15) is 58.6 Å². The predicted molar refractivity (Wildman–Crippen MR) is 186 cm³/mol. The molecule has 0 bridgehead atoms. The summed E-state index contributed by atoms with van der Waals surface area (Å²) in [7, 11) is 1.71. The van der Waals surface area contributed by atoms with Gasteiger partial charge in [0, 0.05) is 34.7 Å². The zero-order chi connectivity index (χ0) is 31.1. The fourth-order valence-corrected chi connectivity index (χ4v) is 10.1. The largest absolute Gasteiger partial charge is 0.508 e. The second-order valence-corrected chi connectivity index (χ2v) is 14.5. The molecule has 4 N–H and O–H groups in total. The van der Waals surface area contributed by atoms with Crippen LogP contribution >= 0.6 is 22.7 Å². The standard InChI is InChI=1S/C38H37N3O2S2/c1-3-7-25-12-17-32(44-25)33-18-19-34(45-33)37(43)29-15-16-30-35-28(26-11-5-4-8-23(26)21-31(29)35)14-13-27(36(30)41-38(39)40-2)22-9-6-10-24(42)20-22/h4-6,8-12,17-21,27,29-31,35-36,42H,13-16H2,1-2H3,(H3,39,40,41)/t27-,29+,30-,31-,35+,36+/m1/s1. The molecular weight excluding hydrogens is 595 g/mol. The molecular formula is C38H37N3O2S2. The SMILES string of the molecule is CC#Cc1ccc(-c2ccc(C(=O)[C@H]3CC[C@H]4[C@@H](NC(N)=NC)[C@@H](c5cccc(O)c5)CCC5=c6ccccc6=C[C@H]3[C@@H]54)s2)s1. The van der Waals surface area contributed by atoms with E-state index >= 15 is 0 Å². The molecule has 2 fully saturated rings. The van der Waals surface area contributed by atoms with Crippen molar-refractivity contribution in [1.82, 2.24) is 5.32 Å². The van der Waals surface area contributed by atoms with E-state index in [4.69, 9.17) is 5.73 Å². The van der Waals surface area contributed by atoms with Crippen molar-refractivity contribution in [2.24, 2.45) is 34.4 Å². The Kier molecular flexibility index (Phi) is 8.12. The highest BCUT2D eigenvalue weighted by Gasteiger charge is 2.50.